The van der Waals surface area contributed by atoms with Gasteiger partial charge in [0.15, 0.2) is 0 Å². The Morgan fingerprint density at radius 2 is 1.83 bits per heavy atom. The Labute approximate surface area is 201 Å². The van der Waals surface area contributed by atoms with Gasteiger partial charge in [-0.3, -0.25) is 14.9 Å². The molecule has 2 atom stereocenters. The maximum Gasteiger partial charge on any atom is 0.269 e. The predicted octanol–water partition coefficient (Wildman–Crippen LogP) is 4.06. The fraction of sp³-hybridized carbons (Fsp3) is 0.269. The SMILES string of the molecule is O=C(NCc1cccc(F)c1)[C@@H]1Cc2cc([N+](=O)[O-])ccc2N2CCN(c3ccc(F)cc3)C[C@H]12. The van der Waals surface area contributed by atoms with E-state index in [0.717, 1.165) is 16.9 Å². The van der Waals surface area contributed by atoms with Crippen molar-refractivity contribution in [3.05, 3.63) is 99.6 Å². The van der Waals surface area contributed by atoms with Gasteiger partial charge in [0.2, 0.25) is 5.91 Å². The Bertz CT molecular complexity index is 1270. The highest BCUT2D eigenvalue weighted by molar-refractivity contribution is 5.82. The zero-order chi connectivity index (χ0) is 24.5. The largest absolute Gasteiger partial charge is 0.368 e. The van der Waals surface area contributed by atoms with Crippen molar-refractivity contribution >= 4 is 23.0 Å². The fourth-order valence-electron chi connectivity index (χ4n) is 5.08. The molecule has 1 saturated heterocycles. The Hall–Kier alpha value is -4.01. The minimum Gasteiger partial charge on any atom is -0.368 e. The lowest BCUT2D eigenvalue weighted by Crippen LogP contribution is -2.61. The summed E-state index contributed by atoms with van der Waals surface area (Å²) in [7, 11) is 0. The number of nitro groups is 1. The Morgan fingerprint density at radius 3 is 2.57 bits per heavy atom. The van der Waals surface area contributed by atoms with Crippen LogP contribution in [-0.4, -0.2) is 36.5 Å². The molecule has 2 aliphatic rings. The standard InChI is InChI=1S/C26H24F2N4O3/c27-19-4-6-21(7-5-19)30-10-11-31-24-9-8-22(32(34)35)13-18(24)14-23(25(31)16-30)26(33)29-15-17-2-1-3-20(28)12-17/h1-9,12-13,23,25H,10-11,14-16H2,(H,29,33)/t23-,25-/m1/s1. The van der Waals surface area contributed by atoms with E-state index in [1.807, 2.05) is 0 Å². The van der Waals surface area contributed by atoms with Gasteiger partial charge in [0, 0.05) is 49.7 Å². The molecule has 3 aromatic rings. The first-order chi connectivity index (χ1) is 16.9. The average molecular weight is 478 g/mol. The summed E-state index contributed by atoms with van der Waals surface area (Å²) in [5.41, 5.74) is 3.18. The van der Waals surface area contributed by atoms with Crippen LogP contribution >= 0.6 is 0 Å². The molecule has 1 N–H and O–H groups in total. The van der Waals surface area contributed by atoms with Crippen LogP contribution in [0.5, 0.6) is 0 Å². The van der Waals surface area contributed by atoms with Crippen molar-refractivity contribution in [1.29, 1.82) is 0 Å². The molecular weight excluding hydrogens is 454 g/mol. The monoisotopic (exact) mass is 478 g/mol. The Kier molecular flexibility index (Phi) is 6.07. The van der Waals surface area contributed by atoms with E-state index in [1.165, 1.54) is 30.3 Å². The smallest absolute Gasteiger partial charge is 0.269 e. The van der Waals surface area contributed by atoms with E-state index < -0.39 is 10.8 Å². The number of hydrogen-bond donors (Lipinski definition) is 1. The number of anilines is 2. The summed E-state index contributed by atoms with van der Waals surface area (Å²) < 4.78 is 27.0. The molecule has 2 aliphatic heterocycles. The summed E-state index contributed by atoms with van der Waals surface area (Å²) >= 11 is 0. The van der Waals surface area contributed by atoms with E-state index in [9.17, 15) is 23.7 Å². The third-order valence-electron chi connectivity index (χ3n) is 6.79. The van der Waals surface area contributed by atoms with Crippen LogP contribution in [0.15, 0.2) is 66.7 Å². The molecule has 3 aromatic carbocycles. The number of carbonyl (C=O) groups excluding carboxylic acids is 1. The first-order valence-electron chi connectivity index (χ1n) is 11.5. The lowest BCUT2D eigenvalue weighted by molar-refractivity contribution is -0.384. The molecule has 2 heterocycles. The molecule has 180 valence electrons. The summed E-state index contributed by atoms with van der Waals surface area (Å²) in [6, 6.07) is 17.0. The lowest BCUT2D eigenvalue weighted by Gasteiger charge is -2.49. The van der Waals surface area contributed by atoms with Crippen molar-refractivity contribution in [3.8, 4) is 0 Å². The third-order valence-corrected chi connectivity index (χ3v) is 6.79. The summed E-state index contributed by atoms with van der Waals surface area (Å²) in [5.74, 6) is -1.34. The van der Waals surface area contributed by atoms with Gasteiger partial charge < -0.3 is 15.1 Å². The molecular formula is C26H24F2N4O3. The quantitative estimate of drug-likeness (QED) is 0.442. The van der Waals surface area contributed by atoms with Gasteiger partial charge in [-0.2, -0.15) is 0 Å². The van der Waals surface area contributed by atoms with Crippen molar-refractivity contribution in [3.63, 3.8) is 0 Å². The maximum atomic E-state index is 13.6. The molecule has 0 unspecified atom stereocenters. The summed E-state index contributed by atoms with van der Waals surface area (Å²) in [6.45, 7) is 2.00. The van der Waals surface area contributed by atoms with E-state index in [1.54, 1.807) is 36.4 Å². The van der Waals surface area contributed by atoms with Gasteiger partial charge in [0.1, 0.15) is 11.6 Å². The van der Waals surface area contributed by atoms with Crippen LogP contribution in [0, 0.1) is 27.7 Å². The Morgan fingerprint density at radius 1 is 1.03 bits per heavy atom. The van der Waals surface area contributed by atoms with Crippen LogP contribution in [-0.2, 0) is 17.8 Å². The van der Waals surface area contributed by atoms with Gasteiger partial charge in [-0.25, -0.2) is 8.78 Å². The highest BCUT2D eigenvalue weighted by Gasteiger charge is 2.42. The van der Waals surface area contributed by atoms with Crippen molar-refractivity contribution in [2.75, 3.05) is 29.4 Å². The second kappa shape index (κ2) is 9.32. The van der Waals surface area contributed by atoms with Crippen LogP contribution in [0.25, 0.3) is 0 Å². The molecule has 0 radical (unpaired) electrons. The topological polar surface area (TPSA) is 78.7 Å². The van der Waals surface area contributed by atoms with Crippen molar-refractivity contribution in [1.82, 2.24) is 5.32 Å². The maximum absolute atomic E-state index is 13.6. The van der Waals surface area contributed by atoms with Crippen LogP contribution in [0.2, 0.25) is 0 Å². The number of amides is 1. The first kappa shape index (κ1) is 22.8. The van der Waals surface area contributed by atoms with Crippen molar-refractivity contribution in [2.45, 2.75) is 19.0 Å². The van der Waals surface area contributed by atoms with Gasteiger partial charge >= 0.3 is 0 Å². The number of nitrogens with one attached hydrogen (secondary N) is 1. The molecule has 0 bridgehead atoms. The molecule has 0 saturated carbocycles. The van der Waals surface area contributed by atoms with E-state index >= 15 is 0 Å². The first-order valence-corrected chi connectivity index (χ1v) is 11.5. The fourth-order valence-corrected chi connectivity index (χ4v) is 5.08. The highest BCUT2D eigenvalue weighted by atomic mass is 19.1. The van der Waals surface area contributed by atoms with Crippen molar-refractivity contribution < 1.29 is 18.5 Å². The molecule has 7 nitrogen and oxygen atoms in total. The molecule has 0 aliphatic carbocycles. The average Bonchev–Trinajstić information content (AvgIpc) is 2.86. The molecule has 1 fully saturated rings. The molecule has 35 heavy (non-hydrogen) atoms. The molecule has 0 aromatic heterocycles. The van der Waals surface area contributed by atoms with Gasteiger partial charge in [-0.15, -0.1) is 0 Å². The van der Waals surface area contributed by atoms with E-state index in [2.05, 4.69) is 15.1 Å². The molecule has 5 rings (SSSR count). The minimum atomic E-state index is -0.471. The number of nitro benzene ring substituents is 1. The minimum absolute atomic E-state index is 0.00827. The highest BCUT2D eigenvalue weighted by Crippen LogP contribution is 2.38. The summed E-state index contributed by atoms with van der Waals surface area (Å²) in [4.78, 5) is 28.6. The van der Waals surface area contributed by atoms with E-state index in [-0.39, 0.29) is 35.8 Å². The van der Waals surface area contributed by atoms with Crippen LogP contribution in [0.1, 0.15) is 11.1 Å². The normalized spacial score (nSPS) is 19.0. The van der Waals surface area contributed by atoms with Gasteiger partial charge in [0.25, 0.3) is 5.69 Å². The second-order valence-electron chi connectivity index (χ2n) is 8.91. The van der Waals surface area contributed by atoms with Crippen LogP contribution < -0.4 is 15.1 Å². The van der Waals surface area contributed by atoms with Crippen LogP contribution in [0.4, 0.5) is 25.8 Å². The van der Waals surface area contributed by atoms with Gasteiger partial charge in [-0.05, 0) is 60.0 Å². The number of hydrogen-bond acceptors (Lipinski definition) is 5. The lowest BCUT2D eigenvalue weighted by atomic mass is 9.83. The predicted molar refractivity (Wildman–Crippen MR) is 128 cm³/mol. The second-order valence-corrected chi connectivity index (χ2v) is 8.91. The molecule has 0 spiro atoms. The number of non-ortho nitro benzene ring substituents is 1. The number of nitrogens with zero attached hydrogens (tertiary/aromatic N) is 3. The number of piperazine rings is 1. The van der Waals surface area contributed by atoms with Crippen molar-refractivity contribution in [2.24, 2.45) is 5.92 Å². The van der Waals surface area contributed by atoms with E-state index in [4.69, 9.17) is 0 Å². The number of fused-ring (bicyclic) bond motifs is 3. The third kappa shape index (κ3) is 4.66. The van der Waals surface area contributed by atoms with Gasteiger partial charge in [-0.1, -0.05) is 12.1 Å². The van der Waals surface area contributed by atoms with E-state index in [0.29, 0.717) is 31.6 Å². The Balaban J connectivity index is 1.43. The number of benzene rings is 3. The van der Waals surface area contributed by atoms with Crippen LogP contribution in [0.3, 0.4) is 0 Å². The zero-order valence-corrected chi connectivity index (χ0v) is 18.9. The number of carbonyl (C=O) groups is 1. The van der Waals surface area contributed by atoms with Gasteiger partial charge in [0.05, 0.1) is 16.9 Å². The summed E-state index contributed by atoms with van der Waals surface area (Å²) in [5, 5.41) is 14.3. The number of halogens is 2. The number of rotatable bonds is 5. The summed E-state index contributed by atoms with van der Waals surface area (Å²) in [6.07, 6.45) is 0.352. The molecule has 9 heteroatoms. The zero-order valence-electron chi connectivity index (χ0n) is 18.9. The molecule has 1 amide bonds.